The minimum absolute atomic E-state index is 0.312. The number of hydrogen-bond acceptors (Lipinski definition) is 3. The maximum absolute atomic E-state index is 9.29. The predicted octanol–water partition coefficient (Wildman–Crippen LogP) is 3.96. The van der Waals surface area contributed by atoms with Gasteiger partial charge in [-0.3, -0.25) is 0 Å². The Morgan fingerprint density at radius 2 is 1.89 bits per heavy atom. The van der Waals surface area contributed by atoms with Crippen LogP contribution in [-0.2, 0) is 0 Å². The van der Waals surface area contributed by atoms with Gasteiger partial charge in [0.05, 0.1) is 17.5 Å². The van der Waals surface area contributed by atoms with Crippen LogP contribution >= 0.6 is 0 Å². The number of nitrogens with one attached hydrogen (secondary N) is 1. The molecule has 19 heavy (non-hydrogen) atoms. The van der Waals surface area contributed by atoms with Crippen LogP contribution in [0.25, 0.3) is 0 Å². The largest absolute Gasteiger partial charge is 0.386 e. The smallest absolute Gasteiger partial charge is 0.0994 e. The van der Waals surface area contributed by atoms with Gasteiger partial charge in [0.2, 0.25) is 0 Å². The second-order valence-electron chi connectivity index (χ2n) is 5.50. The fraction of sp³-hybridized carbons (Fsp3) is 0.438. The lowest BCUT2D eigenvalue weighted by Crippen LogP contribution is -2.14. The molecule has 0 spiro atoms. The number of nitriles is 1. The van der Waals surface area contributed by atoms with E-state index >= 15 is 0 Å². The van der Waals surface area contributed by atoms with Crippen LogP contribution in [0.4, 0.5) is 5.69 Å². The number of nitrogens with two attached hydrogens (primary N) is 1. The number of benzene rings is 1. The average molecular weight is 257 g/mol. The minimum atomic E-state index is 0.312. The van der Waals surface area contributed by atoms with Crippen LogP contribution in [0.1, 0.15) is 61.8 Å². The second kappa shape index (κ2) is 5.79. The van der Waals surface area contributed by atoms with Crippen molar-refractivity contribution in [2.45, 2.75) is 46.5 Å². The lowest BCUT2D eigenvalue weighted by molar-refractivity contribution is 0.828. The first-order chi connectivity index (χ1) is 8.79. The van der Waals surface area contributed by atoms with Gasteiger partial charge in [-0.1, -0.05) is 34.3 Å². The molecule has 1 aromatic carbocycles. The Hall–Kier alpha value is -1.95. The number of nitrogens with zero attached hydrogens (tertiary/aromatic N) is 1. The Bertz CT molecular complexity index is 534. The molecule has 0 unspecified atom stereocenters. The molecule has 0 aliphatic carbocycles. The Balaban J connectivity index is 3.68. The molecule has 102 valence electrons. The van der Waals surface area contributed by atoms with Crippen molar-refractivity contribution in [3.05, 3.63) is 40.7 Å². The third-order valence-electron chi connectivity index (χ3n) is 3.27. The van der Waals surface area contributed by atoms with Crippen molar-refractivity contribution in [2.24, 2.45) is 5.73 Å². The lowest BCUT2D eigenvalue weighted by atomic mass is 9.86. The van der Waals surface area contributed by atoms with Crippen LogP contribution < -0.4 is 11.1 Å². The summed E-state index contributed by atoms with van der Waals surface area (Å²) in [6.45, 7) is 14.2. The lowest BCUT2D eigenvalue weighted by Gasteiger charge is -2.23. The van der Waals surface area contributed by atoms with Gasteiger partial charge in [-0.05, 0) is 41.5 Å². The van der Waals surface area contributed by atoms with Crippen LogP contribution in [-0.4, -0.2) is 0 Å². The third-order valence-corrected chi connectivity index (χ3v) is 3.27. The predicted molar refractivity (Wildman–Crippen MR) is 81.0 cm³/mol. The molecule has 0 radical (unpaired) electrons. The summed E-state index contributed by atoms with van der Waals surface area (Å²) in [6.07, 6.45) is 0. The van der Waals surface area contributed by atoms with Gasteiger partial charge < -0.3 is 11.1 Å². The van der Waals surface area contributed by atoms with E-state index in [2.05, 4.69) is 45.7 Å². The molecule has 0 bridgehead atoms. The molecular formula is C16H23N3. The molecule has 0 amide bonds. The summed E-state index contributed by atoms with van der Waals surface area (Å²) in [6, 6.07) is 4.24. The standard InChI is InChI=1S/C16H23N3/c1-9(2)14-7-13(8-17)11(5)15(10(3)4)16(14)19-12(6)18/h7,9-10,19H,6,18H2,1-5H3. The van der Waals surface area contributed by atoms with Crippen molar-refractivity contribution in [3.8, 4) is 6.07 Å². The average Bonchev–Trinajstić information content (AvgIpc) is 2.27. The molecule has 0 aromatic heterocycles. The van der Waals surface area contributed by atoms with Crippen molar-refractivity contribution in [2.75, 3.05) is 5.32 Å². The number of hydrogen-bond donors (Lipinski definition) is 2. The van der Waals surface area contributed by atoms with Gasteiger partial charge in [-0.15, -0.1) is 0 Å². The molecule has 1 aromatic rings. The van der Waals surface area contributed by atoms with E-state index in [-0.39, 0.29) is 0 Å². The van der Waals surface area contributed by atoms with Crippen LogP contribution in [0.5, 0.6) is 0 Å². The molecule has 0 saturated heterocycles. The zero-order valence-corrected chi connectivity index (χ0v) is 12.5. The van der Waals surface area contributed by atoms with Crippen molar-refractivity contribution < 1.29 is 0 Å². The van der Waals surface area contributed by atoms with Crippen molar-refractivity contribution >= 4 is 5.69 Å². The van der Waals surface area contributed by atoms with E-state index in [1.54, 1.807) is 0 Å². The van der Waals surface area contributed by atoms with E-state index in [9.17, 15) is 5.26 Å². The summed E-state index contributed by atoms with van der Waals surface area (Å²) >= 11 is 0. The van der Waals surface area contributed by atoms with Crippen molar-refractivity contribution in [1.82, 2.24) is 0 Å². The highest BCUT2D eigenvalue weighted by Gasteiger charge is 2.19. The normalized spacial score (nSPS) is 10.6. The van der Waals surface area contributed by atoms with E-state index in [0.29, 0.717) is 17.7 Å². The number of anilines is 1. The van der Waals surface area contributed by atoms with Crippen molar-refractivity contribution in [1.29, 1.82) is 5.26 Å². The molecule has 0 aliphatic heterocycles. The Labute approximate surface area is 116 Å². The summed E-state index contributed by atoms with van der Waals surface area (Å²) in [5, 5.41) is 12.5. The number of rotatable bonds is 4. The van der Waals surface area contributed by atoms with E-state index in [0.717, 1.165) is 27.9 Å². The third kappa shape index (κ3) is 3.08. The minimum Gasteiger partial charge on any atom is -0.386 e. The summed E-state index contributed by atoms with van der Waals surface area (Å²) in [7, 11) is 0. The highest BCUT2D eigenvalue weighted by atomic mass is 15.0. The van der Waals surface area contributed by atoms with Gasteiger partial charge in [0.25, 0.3) is 0 Å². The fourth-order valence-corrected chi connectivity index (χ4v) is 2.42. The van der Waals surface area contributed by atoms with E-state index in [1.807, 2.05) is 13.0 Å². The van der Waals surface area contributed by atoms with Gasteiger partial charge in [-0.25, -0.2) is 0 Å². The molecule has 0 heterocycles. The SMILES string of the molecule is C=C(N)Nc1c(C(C)C)cc(C#N)c(C)c1C(C)C. The quantitative estimate of drug-likeness (QED) is 0.858. The molecule has 3 nitrogen and oxygen atoms in total. The van der Waals surface area contributed by atoms with E-state index < -0.39 is 0 Å². The van der Waals surface area contributed by atoms with Gasteiger partial charge in [-0.2, -0.15) is 5.26 Å². The molecule has 0 aliphatic rings. The van der Waals surface area contributed by atoms with Gasteiger partial charge in [0.1, 0.15) is 0 Å². The van der Waals surface area contributed by atoms with Crippen molar-refractivity contribution in [3.63, 3.8) is 0 Å². The van der Waals surface area contributed by atoms with Crippen LogP contribution in [0.2, 0.25) is 0 Å². The van der Waals surface area contributed by atoms with Gasteiger partial charge in [0.15, 0.2) is 0 Å². The monoisotopic (exact) mass is 257 g/mol. The second-order valence-corrected chi connectivity index (χ2v) is 5.50. The van der Waals surface area contributed by atoms with Crippen LogP contribution in [0.15, 0.2) is 18.5 Å². The molecule has 3 heteroatoms. The highest BCUT2D eigenvalue weighted by Crippen LogP contribution is 2.37. The molecule has 0 atom stereocenters. The zero-order valence-electron chi connectivity index (χ0n) is 12.5. The maximum atomic E-state index is 9.29. The summed E-state index contributed by atoms with van der Waals surface area (Å²) in [5.74, 6) is 1.05. The first kappa shape index (κ1) is 15.1. The maximum Gasteiger partial charge on any atom is 0.0994 e. The van der Waals surface area contributed by atoms with E-state index in [1.165, 1.54) is 0 Å². The Morgan fingerprint density at radius 3 is 2.26 bits per heavy atom. The van der Waals surface area contributed by atoms with E-state index in [4.69, 9.17) is 5.73 Å². The summed E-state index contributed by atoms with van der Waals surface area (Å²) < 4.78 is 0. The van der Waals surface area contributed by atoms with Crippen LogP contribution in [0.3, 0.4) is 0 Å². The highest BCUT2D eigenvalue weighted by molar-refractivity contribution is 5.68. The van der Waals surface area contributed by atoms with Gasteiger partial charge in [0, 0.05) is 5.69 Å². The fourth-order valence-electron chi connectivity index (χ4n) is 2.42. The summed E-state index contributed by atoms with van der Waals surface area (Å²) in [5.41, 5.74) is 10.7. The zero-order chi connectivity index (χ0) is 14.7. The molecule has 1 rings (SSSR count). The first-order valence-electron chi connectivity index (χ1n) is 6.58. The van der Waals surface area contributed by atoms with Crippen LogP contribution in [0, 0.1) is 18.3 Å². The Kier molecular flexibility index (Phi) is 4.61. The van der Waals surface area contributed by atoms with Gasteiger partial charge >= 0.3 is 0 Å². The molecule has 0 fully saturated rings. The molecule has 3 N–H and O–H groups in total. The topological polar surface area (TPSA) is 61.8 Å². The molecule has 0 saturated carbocycles. The first-order valence-corrected chi connectivity index (χ1v) is 6.58. The molecular weight excluding hydrogens is 234 g/mol. The Morgan fingerprint density at radius 1 is 1.32 bits per heavy atom. The summed E-state index contributed by atoms with van der Waals surface area (Å²) in [4.78, 5) is 0.